The molecule has 0 aromatic heterocycles. The largest absolute Gasteiger partial charge is 0.501 e. The van der Waals surface area contributed by atoms with Gasteiger partial charge in [-0.05, 0) is 6.42 Å². The molecule has 94 valence electrons. The average Bonchev–Trinajstić information content (AvgIpc) is 2.26. The molecule has 0 aromatic rings. The molecule has 1 unspecified atom stereocenters. The Morgan fingerprint density at radius 2 is 2.06 bits per heavy atom. The lowest BCUT2D eigenvalue weighted by molar-refractivity contribution is 0.279. The summed E-state index contributed by atoms with van der Waals surface area (Å²) in [7, 11) is 5.61. The van der Waals surface area contributed by atoms with Gasteiger partial charge in [-0.25, -0.2) is 0 Å². The van der Waals surface area contributed by atoms with Crippen molar-refractivity contribution in [2.24, 2.45) is 0 Å². The summed E-state index contributed by atoms with van der Waals surface area (Å²) in [4.78, 5) is 1.95. The van der Waals surface area contributed by atoms with Crippen LogP contribution in [0.4, 0.5) is 0 Å². The molecule has 0 rings (SSSR count). The monoisotopic (exact) mass is 261 g/mol. The molecule has 0 bridgehead atoms. The van der Waals surface area contributed by atoms with Crippen molar-refractivity contribution in [1.82, 2.24) is 4.90 Å². The van der Waals surface area contributed by atoms with Gasteiger partial charge in [0.25, 0.3) is 0 Å². The first-order chi connectivity index (χ1) is 7.52. The first-order valence-corrected chi connectivity index (χ1v) is 6.92. The van der Waals surface area contributed by atoms with E-state index in [0.717, 1.165) is 16.5 Å². The zero-order valence-corrected chi connectivity index (χ0v) is 12.4. The Hall–Kier alpha value is -0.220. The van der Waals surface area contributed by atoms with Gasteiger partial charge in [0.2, 0.25) is 0 Å². The first-order valence-electron chi connectivity index (χ1n) is 5.63. The van der Waals surface area contributed by atoms with Crippen molar-refractivity contribution in [1.29, 1.82) is 0 Å². The Kier molecular flexibility index (Phi) is 8.76. The fourth-order valence-electron chi connectivity index (χ4n) is 1.22. The van der Waals surface area contributed by atoms with Crippen LogP contribution in [0, 0.1) is 0 Å². The Bertz CT molecular complexity index is 229. The number of thioether (sulfide) groups is 1. The number of unbranched alkanes of at least 4 members (excludes halogenated alkanes) is 2. The maximum atomic E-state index is 5.29. The van der Waals surface area contributed by atoms with Crippen LogP contribution in [0.1, 0.15) is 32.6 Å². The zero-order chi connectivity index (χ0) is 12.6. The molecule has 0 N–H and O–H groups in total. The number of hydrogen-bond acceptors (Lipinski definition) is 3. The molecule has 0 spiro atoms. The van der Waals surface area contributed by atoms with Crippen LogP contribution < -0.4 is 0 Å². The third-order valence-corrected chi connectivity index (χ3v) is 4.30. The van der Waals surface area contributed by atoms with E-state index in [1.165, 1.54) is 19.3 Å². The minimum Gasteiger partial charge on any atom is -0.501 e. The quantitative estimate of drug-likeness (QED) is 0.393. The Morgan fingerprint density at radius 1 is 1.44 bits per heavy atom. The molecule has 0 aliphatic carbocycles. The van der Waals surface area contributed by atoms with Gasteiger partial charge in [0, 0.05) is 14.1 Å². The highest BCUT2D eigenvalue weighted by atomic mass is 32.2. The maximum absolute atomic E-state index is 5.29. The van der Waals surface area contributed by atoms with Crippen LogP contribution in [-0.2, 0) is 4.74 Å². The first kappa shape index (κ1) is 15.8. The maximum Gasteiger partial charge on any atom is 0.136 e. The van der Waals surface area contributed by atoms with Crippen LogP contribution in [0.2, 0.25) is 0 Å². The number of nitrogens with zero attached hydrogens (tertiary/aromatic N) is 1. The molecule has 0 amide bonds. The highest BCUT2D eigenvalue weighted by Crippen LogP contribution is 2.26. The molecule has 0 radical (unpaired) electrons. The van der Waals surface area contributed by atoms with Crippen LogP contribution in [-0.4, -0.2) is 35.7 Å². The van der Waals surface area contributed by atoms with E-state index in [1.807, 2.05) is 19.0 Å². The summed E-state index contributed by atoms with van der Waals surface area (Å²) < 4.78 is 6.12. The van der Waals surface area contributed by atoms with E-state index >= 15 is 0 Å². The van der Waals surface area contributed by atoms with E-state index in [0.29, 0.717) is 0 Å². The van der Waals surface area contributed by atoms with Crippen molar-refractivity contribution in [2.75, 3.05) is 21.2 Å². The number of thiocarbonyl (C=S) groups is 1. The van der Waals surface area contributed by atoms with Gasteiger partial charge >= 0.3 is 0 Å². The second-order valence-electron chi connectivity index (χ2n) is 3.93. The van der Waals surface area contributed by atoms with Gasteiger partial charge in [0.1, 0.15) is 10.1 Å². The molecule has 4 heteroatoms. The van der Waals surface area contributed by atoms with E-state index in [9.17, 15) is 0 Å². The lowest BCUT2D eigenvalue weighted by Gasteiger charge is -2.21. The molecule has 2 nitrogen and oxygen atoms in total. The van der Waals surface area contributed by atoms with Crippen molar-refractivity contribution in [2.45, 2.75) is 37.9 Å². The molecular weight excluding hydrogens is 238 g/mol. The van der Waals surface area contributed by atoms with Crippen molar-refractivity contribution in [3.63, 3.8) is 0 Å². The SMILES string of the molecule is C=C(OC)C(CCCCC)SC(=S)N(C)C. The molecule has 0 fully saturated rings. The molecule has 0 heterocycles. The van der Waals surface area contributed by atoms with E-state index in [1.54, 1.807) is 18.9 Å². The van der Waals surface area contributed by atoms with Gasteiger partial charge in [-0.3, -0.25) is 0 Å². The van der Waals surface area contributed by atoms with Crippen molar-refractivity contribution >= 4 is 28.3 Å². The lowest BCUT2D eigenvalue weighted by Crippen LogP contribution is -2.20. The molecule has 0 saturated carbocycles. The minimum absolute atomic E-state index is 0.284. The summed E-state index contributed by atoms with van der Waals surface area (Å²) in [5.41, 5.74) is 0. The highest BCUT2D eigenvalue weighted by molar-refractivity contribution is 8.23. The Labute approximate surface area is 109 Å². The fraction of sp³-hybridized carbons (Fsp3) is 0.750. The number of hydrogen-bond donors (Lipinski definition) is 0. The summed E-state index contributed by atoms with van der Waals surface area (Å²) in [5.74, 6) is 0.824. The van der Waals surface area contributed by atoms with Crippen molar-refractivity contribution < 1.29 is 4.74 Å². The lowest BCUT2D eigenvalue weighted by atomic mass is 10.1. The van der Waals surface area contributed by atoms with Gasteiger partial charge in [0.05, 0.1) is 12.4 Å². The molecule has 0 aromatic carbocycles. The van der Waals surface area contributed by atoms with Crippen LogP contribution >= 0.6 is 24.0 Å². The van der Waals surface area contributed by atoms with Crippen LogP contribution in [0.25, 0.3) is 0 Å². The summed E-state index contributed by atoms with van der Waals surface area (Å²) >= 11 is 6.96. The molecule has 1 atom stereocenters. The normalized spacial score (nSPS) is 12.0. The third kappa shape index (κ3) is 6.38. The smallest absolute Gasteiger partial charge is 0.136 e. The van der Waals surface area contributed by atoms with Crippen LogP contribution in [0.5, 0.6) is 0 Å². The van der Waals surface area contributed by atoms with Gasteiger partial charge in [0.15, 0.2) is 0 Å². The van der Waals surface area contributed by atoms with Gasteiger partial charge in [-0.2, -0.15) is 0 Å². The molecule has 0 aliphatic rings. The van der Waals surface area contributed by atoms with Crippen molar-refractivity contribution in [3.05, 3.63) is 12.3 Å². The second kappa shape index (κ2) is 8.88. The topological polar surface area (TPSA) is 12.5 Å². The Balaban J connectivity index is 4.20. The minimum atomic E-state index is 0.284. The molecular formula is C12H23NOS2. The summed E-state index contributed by atoms with van der Waals surface area (Å²) in [6, 6.07) is 0. The Morgan fingerprint density at radius 3 is 2.50 bits per heavy atom. The van der Waals surface area contributed by atoms with Gasteiger partial charge in [-0.1, -0.05) is 56.7 Å². The summed E-state index contributed by atoms with van der Waals surface area (Å²) in [6.07, 6.45) is 4.77. The number of rotatable bonds is 7. The molecule has 16 heavy (non-hydrogen) atoms. The number of methoxy groups -OCH3 is 1. The van der Waals surface area contributed by atoms with E-state index < -0.39 is 0 Å². The van der Waals surface area contributed by atoms with Gasteiger partial charge < -0.3 is 9.64 Å². The van der Waals surface area contributed by atoms with Crippen LogP contribution in [0.15, 0.2) is 12.3 Å². The van der Waals surface area contributed by atoms with E-state index in [4.69, 9.17) is 17.0 Å². The van der Waals surface area contributed by atoms with Crippen LogP contribution in [0.3, 0.4) is 0 Å². The summed E-state index contributed by atoms with van der Waals surface area (Å²) in [5, 5.41) is 0.284. The highest BCUT2D eigenvalue weighted by Gasteiger charge is 2.17. The second-order valence-corrected chi connectivity index (χ2v) is 5.77. The number of ether oxygens (including phenoxy) is 1. The predicted molar refractivity (Wildman–Crippen MR) is 78.0 cm³/mol. The third-order valence-electron chi connectivity index (χ3n) is 2.30. The zero-order valence-electron chi connectivity index (χ0n) is 10.8. The standard InChI is InChI=1S/C12H23NOS2/c1-6-7-8-9-11(10(2)14-5)16-12(15)13(3)4/h11H,2,6-9H2,1,3-5H3. The van der Waals surface area contributed by atoms with Crippen molar-refractivity contribution in [3.8, 4) is 0 Å². The average molecular weight is 261 g/mol. The van der Waals surface area contributed by atoms with Gasteiger partial charge in [-0.15, -0.1) is 0 Å². The predicted octanol–water partition coefficient (Wildman–Crippen LogP) is 3.68. The molecule has 0 saturated heterocycles. The van der Waals surface area contributed by atoms with E-state index in [-0.39, 0.29) is 5.25 Å². The fourth-order valence-corrected chi connectivity index (χ4v) is 2.54. The van der Waals surface area contributed by atoms with E-state index in [2.05, 4.69) is 13.5 Å². The summed E-state index contributed by atoms with van der Waals surface area (Å²) in [6.45, 7) is 6.15. The molecule has 0 aliphatic heterocycles.